The van der Waals surface area contributed by atoms with Gasteiger partial charge in [0.2, 0.25) is 5.91 Å². The summed E-state index contributed by atoms with van der Waals surface area (Å²) in [4.78, 5) is 27.1. The molecule has 0 bridgehead atoms. The van der Waals surface area contributed by atoms with Crippen molar-refractivity contribution in [3.05, 3.63) is 93.1 Å². The maximum atomic E-state index is 14.2. The van der Waals surface area contributed by atoms with E-state index in [2.05, 4.69) is 15.9 Å². The van der Waals surface area contributed by atoms with Gasteiger partial charge in [-0.25, -0.2) is 4.39 Å². The van der Waals surface area contributed by atoms with Crippen LogP contribution in [0.25, 0.3) is 11.1 Å². The van der Waals surface area contributed by atoms with Crippen molar-refractivity contribution in [3.8, 4) is 11.1 Å². The molecule has 0 radical (unpaired) electrons. The van der Waals surface area contributed by atoms with Crippen molar-refractivity contribution in [2.75, 3.05) is 13.1 Å². The van der Waals surface area contributed by atoms with Crippen LogP contribution in [0.3, 0.4) is 0 Å². The topological polar surface area (TPSA) is 62.5 Å². The highest BCUT2D eigenvalue weighted by atomic mass is 79.9. The van der Waals surface area contributed by atoms with Crippen LogP contribution in [0, 0.1) is 5.82 Å². The smallest absolute Gasteiger partial charge is 0.251 e. The minimum absolute atomic E-state index is 0.0788. The largest absolute Gasteiger partial charge is 0.388 e. The fraction of sp³-hybridized carbons (Fsp3) is 0.308. The lowest BCUT2D eigenvalue weighted by Crippen LogP contribution is -2.49. The number of rotatable bonds is 6. The molecular weight excluding hydrogens is 487 g/mol. The Bertz CT molecular complexity index is 1190. The van der Waals surface area contributed by atoms with Gasteiger partial charge in [-0.15, -0.1) is 0 Å². The number of piperidine rings is 1. The maximum absolute atomic E-state index is 14.2. The molecule has 3 aromatic rings. The second-order valence-corrected chi connectivity index (χ2v) is 9.43. The number of hydrogen-bond donors (Lipinski definition) is 1. The molecule has 5 nitrogen and oxygen atoms in total. The number of halogens is 2. The molecule has 1 aromatic heterocycles. The molecule has 1 aliphatic rings. The Morgan fingerprint density at radius 3 is 2.39 bits per heavy atom. The third-order valence-corrected chi connectivity index (χ3v) is 6.86. The number of carbonyl (C=O) groups excluding carboxylic acids is 1. The standard InChI is InChI=1S/C26H26BrFN2O3/c27-22-17-30(25(32)16-21(22)20-8-4-5-9-23(20)28)18-26(33)12-14-29(15-13-26)24(31)11-10-19-6-2-1-3-7-19/h1-9,16-17,33H,10-15,18H2. The van der Waals surface area contributed by atoms with Crippen molar-refractivity contribution in [2.45, 2.75) is 37.8 Å². The SMILES string of the molecule is O=C(CCc1ccccc1)N1CCC(O)(Cn2cc(Br)c(-c3ccccc3F)cc2=O)CC1. The first-order valence-corrected chi connectivity index (χ1v) is 11.8. The zero-order chi connectivity index (χ0) is 23.4. The summed E-state index contributed by atoms with van der Waals surface area (Å²) in [7, 11) is 0. The lowest BCUT2D eigenvalue weighted by molar-refractivity contribution is -0.135. The Morgan fingerprint density at radius 2 is 1.70 bits per heavy atom. The van der Waals surface area contributed by atoms with E-state index in [9.17, 15) is 19.1 Å². The van der Waals surface area contributed by atoms with Gasteiger partial charge in [0, 0.05) is 47.4 Å². The number of hydrogen-bond acceptors (Lipinski definition) is 3. The van der Waals surface area contributed by atoms with Crippen molar-refractivity contribution < 1.29 is 14.3 Å². The predicted molar refractivity (Wildman–Crippen MR) is 129 cm³/mol. The first kappa shape index (κ1) is 23.4. The van der Waals surface area contributed by atoms with E-state index in [0.29, 0.717) is 54.4 Å². The minimum Gasteiger partial charge on any atom is -0.388 e. The lowest BCUT2D eigenvalue weighted by Gasteiger charge is -2.38. The van der Waals surface area contributed by atoms with E-state index in [1.165, 1.54) is 16.7 Å². The number of nitrogens with zero attached hydrogens (tertiary/aromatic N) is 2. The number of likely N-dealkylation sites (tertiary alicyclic amines) is 1. The minimum atomic E-state index is -1.08. The van der Waals surface area contributed by atoms with E-state index >= 15 is 0 Å². The molecule has 0 unspecified atom stereocenters. The molecular formula is C26H26BrFN2O3. The summed E-state index contributed by atoms with van der Waals surface area (Å²) in [5.74, 6) is -0.326. The molecule has 1 saturated heterocycles. The van der Waals surface area contributed by atoms with Crippen LogP contribution in [0.5, 0.6) is 0 Å². The van der Waals surface area contributed by atoms with E-state index in [4.69, 9.17) is 0 Å². The monoisotopic (exact) mass is 512 g/mol. The average Bonchev–Trinajstić information content (AvgIpc) is 2.81. The summed E-state index contributed by atoms with van der Waals surface area (Å²) >= 11 is 3.44. The van der Waals surface area contributed by atoms with Gasteiger partial charge in [0.15, 0.2) is 0 Å². The molecule has 2 heterocycles. The summed E-state index contributed by atoms with van der Waals surface area (Å²) in [5.41, 5.74) is 0.545. The fourth-order valence-corrected chi connectivity index (χ4v) is 4.83. The summed E-state index contributed by atoms with van der Waals surface area (Å²) in [5, 5.41) is 11.1. The fourth-order valence-electron chi connectivity index (χ4n) is 4.26. The van der Waals surface area contributed by atoms with Gasteiger partial charge in [-0.1, -0.05) is 48.5 Å². The van der Waals surface area contributed by atoms with Crippen LogP contribution in [0.15, 0.2) is 76.1 Å². The van der Waals surface area contributed by atoms with Crippen LogP contribution < -0.4 is 5.56 Å². The van der Waals surface area contributed by atoms with Gasteiger partial charge in [-0.2, -0.15) is 0 Å². The van der Waals surface area contributed by atoms with Gasteiger partial charge in [0.05, 0.1) is 12.1 Å². The molecule has 0 saturated carbocycles. The lowest BCUT2D eigenvalue weighted by atomic mass is 9.90. The van der Waals surface area contributed by atoms with E-state index < -0.39 is 11.4 Å². The maximum Gasteiger partial charge on any atom is 0.251 e. The van der Waals surface area contributed by atoms with Crippen molar-refractivity contribution in [3.63, 3.8) is 0 Å². The Balaban J connectivity index is 1.39. The Morgan fingerprint density at radius 1 is 1.03 bits per heavy atom. The third kappa shape index (κ3) is 5.60. The summed E-state index contributed by atoms with van der Waals surface area (Å²) in [6, 6.07) is 17.6. The third-order valence-electron chi connectivity index (χ3n) is 6.22. The quantitative estimate of drug-likeness (QED) is 0.532. The number of carbonyl (C=O) groups is 1. The van der Waals surface area contributed by atoms with Gasteiger partial charge < -0.3 is 14.6 Å². The first-order valence-electron chi connectivity index (χ1n) is 11.0. The molecule has 4 rings (SSSR count). The number of aromatic nitrogens is 1. The highest BCUT2D eigenvalue weighted by molar-refractivity contribution is 9.10. The highest BCUT2D eigenvalue weighted by Crippen LogP contribution is 2.30. The van der Waals surface area contributed by atoms with Crippen molar-refractivity contribution in [1.82, 2.24) is 9.47 Å². The number of aliphatic hydroxyl groups is 1. The zero-order valence-corrected chi connectivity index (χ0v) is 19.8. The Kier molecular flexibility index (Phi) is 7.10. The van der Waals surface area contributed by atoms with Crippen LogP contribution >= 0.6 is 15.9 Å². The number of pyridine rings is 1. The normalized spacial score (nSPS) is 15.4. The number of benzene rings is 2. The average molecular weight is 513 g/mol. The predicted octanol–water partition coefficient (Wildman–Crippen LogP) is 4.40. The second kappa shape index (κ2) is 10.0. The molecule has 7 heteroatoms. The Labute approximate surface area is 200 Å². The van der Waals surface area contributed by atoms with Gasteiger partial charge in [-0.05, 0) is 46.8 Å². The Hall–Kier alpha value is -2.77. The molecule has 2 aromatic carbocycles. The molecule has 0 aliphatic carbocycles. The van der Waals surface area contributed by atoms with Crippen molar-refractivity contribution in [1.29, 1.82) is 0 Å². The van der Waals surface area contributed by atoms with Crippen LogP contribution in [0.1, 0.15) is 24.8 Å². The molecule has 172 valence electrons. The van der Waals surface area contributed by atoms with Gasteiger partial charge in [-0.3, -0.25) is 9.59 Å². The summed E-state index contributed by atoms with van der Waals surface area (Å²) in [6.07, 6.45) is 3.51. The number of aryl methyl sites for hydroxylation is 1. The van der Waals surface area contributed by atoms with Gasteiger partial charge >= 0.3 is 0 Å². The van der Waals surface area contributed by atoms with Crippen LogP contribution in [0.4, 0.5) is 4.39 Å². The van der Waals surface area contributed by atoms with E-state index in [1.807, 2.05) is 30.3 Å². The van der Waals surface area contributed by atoms with Gasteiger partial charge in [0.25, 0.3) is 5.56 Å². The molecule has 0 spiro atoms. The van der Waals surface area contributed by atoms with Crippen molar-refractivity contribution >= 4 is 21.8 Å². The van der Waals surface area contributed by atoms with E-state index in [0.717, 1.165) is 5.56 Å². The summed E-state index contributed by atoms with van der Waals surface area (Å²) < 4.78 is 16.2. The van der Waals surface area contributed by atoms with E-state index in [-0.39, 0.29) is 18.0 Å². The van der Waals surface area contributed by atoms with Gasteiger partial charge in [0.1, 0.15) is 5.82 Å². The van der Waals surface area contributed by atoms with Crippen LogP contribution in [-0.4, -0.2) is 39.2 Å². The molecule has 1 fully saturated rings. The molecule has 1 aliphatic heterocycles. The van der Waals surface area contributed by atoms with Crippen LogP contribution in [0.2, 0.25) is 0 Å². The molecule has 33 heavy (non-hydrogen) atoms. The molecule has 1 N–H and O–H groups in total. The zero-order valence-electron chi connectivity index (χ0n) is 18.2. The first-order chi connectivity index (χ1) is 15.8. The van der Waals surface area contributed by atoms with E-state index in [1.54, 1.807) is 29.3 Å². The summed E-state index contributed by atoms with van der Waals surface area (Å²) in [6.45, 7) is 1.02. The highest BCUT2D eigenvalue weighted by Gasteiger charge is 2.34. The molecule has 0 atom stereocenters. The van der Waals surface area contributed by atoms with Crippen LogP contribution in [-0.2, 0) is 17.8 Å². The molecule has 1 amide bonds. The van der Waals surface area contributed by atoms with Crippen molar-refractivity contribution in [2.24, 2.45) is 0 Å². The number of amides is 1. The second-order valence-electron chi connectivity index (χ2n) is 8.57.